The van der Waals surface area contributed by atoms with Crippen molar-refractivity contribution in [2.24, 2.45) is 0 Å². The Balaban J connectivity index is 2.66. The molecular formula is C10H18N4S. The fourth-order valence-corrected chi connectivity index (χ4v) is 1.20. The van der Waals surface area contributed by atoms with Crippen LogP contribution in [0, 0.1) is 0 Å². The molecule has 1 rings (SSSR count). The summed E-state index contributed by atoms with van der Waals surface area (Å²) in [6, 6.07) is 1.90. The van der Waals surface area contributed by atoms with Crippen molar-refractivity contribution in [2.75, 3.05) is 22.9 Å². The van der Waals surface area contributed by atoms with Gasteiger partial charge in [0.25, 0.3) is 0 Å². The summed E-state index contributed by atoms with van der Waals surface area (Å²) in [6.07, 6.45) is 1.55. The molecule has 0 unspecified atom stereocenters. The molecule has 1 heterocycles. The van der Waals surface area contributed by atoms with Crippen LogP contribution in [0.4, 0.5) is 11.6 Å². The van der Waals surface area contributed by atoms with Gasteiger partial charge in [0.1, 0.15) is 18.0 Å². The third-order valence-electron chi connectivity index (χ3n) is 1.59. The third-order valence-corrected chi connectivity index (χ3v) is 1.81. The van der Waals surface area contributed by atoms with Crippen LogP contribution in [0.25, 0.3) is 0 Å². The minimum absolute atomic E-state index is 0.00910. The molecule has 0 aromatic carbocycles. The topological polar surface area (TPSA) is 49.8 Å². The number of nitrogens with zero attached hydrogens (tertiary/aromatic N) is 2. The van der Waals surface area contributed by atoms with Crippen molar-refractivity contribution in [3.05, 3.63) is 12.4 Å². The van der Waals surface area contributed by atoms with Crippen molar-refractivity contribution in [2.45, 2.75) is 26.3 Å². The zero-order chi connectivity index (χ0) is 11.3. The largest absolute Gasteiger partial charge is 0.369 e. The summed E-state index contributed by atoms with van der Waals surface area (Å²) in [6.45, 7) is 7.08. The van der Waals surface area contributed by atoms with Gasteiger partial charge >= 0.3 is 0 Å². The molecule has 1 aromatic rings. The van der Waals surface area contributed by atoms with Crippen LogP contribution in [0.15, 0.2) is 12.4 Å². The number of nitrogens with one attached hydrogen (secondary N) is 2. The van der Waals surface area contributed by atoms with Crippen molar-refractivity contribution in [3.8, 4) is 0 Å². The molecule has 0 saturated carbocycles. The quantitative estimate of drug-likeness (QED) is 0.688. The van der Waals surface area contributed by atoms with Crippen LogP contribution in [-0.4, -0.2) is 27.8 Å². The van der Waals surface area contributed by atoms with Crippen LogP contribution in [0.5, 0.6) is 0 Å². The maximum Gasteiger partial charge on any atom is 0.131 e. The Morgan fingerprint density at radius 3 is 2.53 bits per heavy atom. The summed E-state index contributed by atoms with van der Waals surface area (Å²) in [4.78, 5) is 8.26. The van der Waals surface area contributed by atoms with Gasteiger partial charge in [-0.25, -0.2) is 9.97 Å². The number of aromatic nitrogens is 2. The first-order valence-electron chi connectivity index (χ1n) is 4.96. The van der Waals surface area contributed by atoms with Gasteiger partial charge in [0.2, 0.25) is 0 Å². The van der Waals surface area contributed by atoms with Gasteiger partial charge in [-0.3, -0.25) is 0 Å². The second-order valence-electron chi connectivity index (χ2n) is 4.31. The number of thiol groups is 1. The molecule has 2 N–H and O–H groups in total. The molecule has 0 bridgehead atoms. The van der Waals surface area contributed by atoms with E-state index in [4.69, 9.17) is 0 Å². The highest BCUT2D eigenvalue weighted by Crippen LogP contribution is 2.13. The molecule has 1 aromatic heterocycles. The first-order chi connectivity index (χ1) is 7.01. The second-order valence-corrected chi connectivity index (χ2v) is 4.76. The van der Waals surface area contributed by atoms with Crippen LogP contribution < -0.4 is 10.6 Å². The Morgan fingerprint density at radius 1 is 1.27 bits per heavy atom. The highest BCUT2D eigenvalue weighted by atomic mass is 32.1. The predicted octanol–water partition coefficient (Wildman–Crippen LogP) is 2.03. The van der Waals surface area contributed by atoms with Gasteiger partial charge < -0.3 is 10.6 Å². The van der Waals surface area contributed by atoms with Gasteiger partial charge in [-0.05, 0) is 20.8 Å². The summed E-state index contributed by atoms with van der Waals surface area (Å²) in [5.41, 5.74) is 0.00910. The lowest BCUT2D eigenvalue weighted by Gasteiger charge is -2.21. The number of hydrogen-bond donors (Lipinski definition) is 3. The number of hydrogen-bond acceptors (Lipinski definition) is 5. The minimum atomic E-state index is 0.00910. The van der Waals surface area contributed by atoms with Crippen LogP contribution >= 0.6 is 12.6 Å². The van der Waals surface area contributed by atoms with Gasteiger partial charge in [-0.1, -0.05) is 0 Å². The molecule has 0 atom stereocenters. The molecule has 0 aliphatic carbocycles. The molecule has 0 aliphatic rings. The average Bonchev–Trinajstić information content (AvgIpc) is 2.12. The van der Waals surface area contributed by atoms with E-state index in [0.29, 0.717) is 0 Å². The maximum absolute atomic E-state index is 4.15. The zero-order valence-corrected chi connectivity index (χ0v) is 10.3. The predicted molar refractivity (Wildman–Crippen MR) is 67.8 cm³/mol. The van der Waals surface area contributed by atoms with E-state index < -0.39 is 0 Å². The first-order valence-corrected chi connectivity index (χ1v) is 5.59. The van der Waals surface area contributed by atoms with Gasteiger partial charge in [0.05, 0.1) is 0 Å². The van der Waals surface area contributed by atoms with Crippen molar-refractivity contribution < 1.29 is 0 Å². The molecule has 15 heavy (non-hydrogen) atoms. The Bertz CT molecular complexity index is 309. The standard InChI is InChI=1S/C10H18N4S/c1-10(2,3)14-9-6-8(11-4-5-15)12-7-13-9/h6-7,15H,4-5H2,1-3H3,(H2,11,12,13,14). The van der Waals surface area contributed by atoms with E-state index in [1.807, 2.05) is 6.07 Å². The van der Waals surface area contributed by atoms with Gasteiger partial charge in [0.15, 0.2) is 0 Å². The first kappa shape index (κ1) is 12.1. The van der Waals surface area contributed by atoms with Crippen LogP contribution in [-0.2, 0) is 0 Å². The number of anilines is 2. The van der Waals surface area contributed by atoms with Gasteiger partial charge in [0, 0.05) is 23.9 Å². The maximum atomic E-state index is 4.15. The second kappa shape index (κ2) is 5.21. The molecule has 0 radical (unpaired) electrons. The van der Waals surface area contributed by atoms with E-state index in [1.54, 1.807) is 6.33 Å². The van der Waals surface area contributed by atoms with Crippen molar-refractivity contribution >= 4 is 24.3 Å². The molecule has 0 spiro atoms. The number of rotatable bonds is 4. The Hall–Kier alpha value is -0.970. The summed E-state index contributed by atoms with van der Waals surface area (Å²) >= 11 is 4.12. The molecule has 5 heteroatoms. The van der Waals surface area contributed by atoms with Crippen LogP contribution in [0.1, 0.15) is 20.8 Å². The van der Waals surface area contributed by atoms with Crippen molar-refractivity contribution in [1.29, 1.82) is 0 Å². The highest BCUT2D eigenvalue weighted by Gasteiger charge is 2.10. The van der Waals surface area contributed by atoms with E-state index in [0.717, 1.165) is 23.9 Å². The Labute approximate surface area is 96.3 Å². The molecular weight excluding hydrogens is 208 g/mol. The SMILES string of the molecule is CC(C)(C)Nc1cc(NCCS)ncn1. The lowest BCUT2D eigenvalue weighted by Crippen LogP contribution is -2.26. The summed E-state index contributed by atoms with van der Waals surface area (Å²) in [7, 11) is 0. The smallest absolute Gasteiger partial charge is 0.131 e. The van der Waals surface area contributed by atoms with Crippen molar-refractivity contribution in [3.63, 3.8) is 0 Å². The third kappa shape index (κ3) is 4.88. The van der Waals surface area contributed by atoms with Crippen molar-refractivity contribution in [1.82, 2.24) is 9.97 Å². The van der Waals surface area contributed by atoms with E-state index in [9.17, 15) is 0 Å². The fourth-order valence-electron chi connectivity index (χ4n) is 1.09. The Morgan fingerprint density at radius 2 is 1.93 bits per heavy atom. The van der Waals surface area contributed by atoms with Gasteiger partial charge in [-0.15, -0.1) is 0 Å². The monoisotopic (exact) mass is 226 g/mol. The van der Waals surface area contributed by atoms with E-state index >= 15 is 0 Å². The fraction of sp³-hybridized carbons (Fsp3) is 0.600. The zero-order valence-electron chi connectivity index (χ0n) is 9.41. The van der Waals surface area contributed by atoms with E-state index in [-0.39, 0.29) is 5.54 Å². The summed E-state index contributed by atoms with van der Waals surface area (Å²) in [5, 5.41) is 6.44. The van der Waals surface area contributed by atoms with Crippen LogP contribution in [0.2, 0.25) is 0 Å². The lowest BCUT2D eigenvalue weighted by atomic mass is 10.1. The molecule has 0 saturated heterocycles. The minimum Gasteiger partial charge on any atom is -0.369 e. The highest BCUT2D eigenvalue weighted by molar-refractivity contribution is 7.80. The molecule has 0 aliphatic heterocycles. The van der Waals surface area contributed by atoms with E-state index in [2.05, 4.69) is 54.0 Å². The molecule has 4 nitrogen and oxygen atoms in total. The molecule has 0 fully saturated rings. The molecule has 0 amide bonds. The summed E-state index contributed by atoms with van der Waals surface area (Å²) in [5.74, 6) is 2.44. The normalized spacial score (nSPS) is 11.2. The Kier molecular flexibility index (Phi) is 4.20. The van der Waals surface area contributed by atoms with Crippen LogP contribution in [0.3, 0.4) is 0 Å². The molecule has 84 valence electrons. The van der Waals surface area contributed by atoms with E-state index in [1.165, 1.54) is 0 Å². The van der Waals surface area contributed by atoms with Gasteiger partial charge in [-0.2, -0.15) is 12.6 Å². The average molecular weight is 226 g/mol. The lowest BCUT2D eigenvalue weighted by molar-refractivity contribution is 0.630. The summed E-state index contributed by atoms with van der Waals surface area (Å²) < 4.78 is 0.